The van der Waals surface area contributed by atoms with E-state index in [1.54, 1.807) is 6.21 Å². The second kappa shape index (κ2) is 9.48. The number of hydrogen-bond donors (Lipinski definition) is 0. The average molecular weight is 504 g/mol. The quantitative estimate of drug-likeness (QED) is 0.286. The zero-order valence-electron chi connectivity index (χ0n) is 18.6. The van der Waals surface area contributed by atoms with Crippen LogP contribution in [0.4, 0.5) is 0 Å². The van der Waals surface area contributed by atoms with Gasteiger partial charge >= 0.3 is 0 Å². The Morgan fingerprint density at radius 1 is 1.09 bits per heavy atom. The lowest BCUT2D eigenvalue weighted by Gasteiger charge is -2.22. The zero-order valence-corrected chi connectivity index (χ0v) is 20.2. The summed E-state index contributed by atoms with van der Waals surface area (Å²) in [7, 11) is 0. The lowest BCUT2D eigenvalue weighted by atomic mass is 9.88. The fourth-order valence-electron chi connectivity index (χ4n) is 4.71. The second-order valence-electron chi connectivity index (χ2n) is 8.46. The number of nitrogens with zero attached hydrogens (tertiary/aromatic N) is 3. The first-order valence-corrected chi connectivity index (χ1v) is 12.4. The van der Waals surface area contributed by atoms with E-state index in [0.29, 0.717) is 12.0 Å². The number of aromatic nitrogens is 2. The van der Waals surface area contributed by atoms with Crippen molar-refractivity contribution in [2.75, 3.05) is 6.61 Å². The Morgan fingerprint density at radius 2 is 1.91 bits per heavy atom. The van der Waals surface area contributed by atoms with Crippen LogP contribution in [0.1, 0.15) is 56.3 Å². The van der Waals surface area contributed by atoms with Crippen molar-refractivity contribution in [3.8, 4) is 5.75 Å². The molecule has 0 aliphatic heterocycles. The van der Waals surface area contributed by atoms with Gasteiger partial charge in [-0.1, -0.05) is 65.5 Å². The van der Waals surface area contributed by atoms with E-state index in [4.69, 9.17) is 14.8 Å². The van der Waals surface area contributed by atoms with Crippen LogP contribution in [0.3, 0.4) is 0 Å². The Morgan fingerprint density at radius 3 is 2.73 bits per heavy atom. The fraction of sp³-hybridized carbons (Fsp3) is 0.296. The molecule has 1 fully saturated rings. The summed E-state index contributed by atoms with van der Waals surface area (Å²) in [6.07, 6.45) is 7.36. The van der Waals surface area contributed by atoms with Crippen LogP contribution >= 0.6 is 15.9 Å². The molecule has 0 spiro atoms. The van der Waals surface area contributed by atoms with Crippen molar-refractivity contribution in [2.45, 2.75) is 44.9 Å². The zero-order chi connectivity index (χ0) is 22.8. The minimum atomic E-state index is -0.142. The molecule has 0 bridgehead atoms. The SMILES string of the molecule is CCOc1ccc2ccccc2c1C=Nn1c(C2CCCCC2)nc2ccc(Br)cc2c1=O. The Labute approximate surface area is 201 Å². The molecule has 0 amide bonds. The minimum Gasteiger partial charge on any atom is -0.493 e. The van der Waals surface area contributed by atoms with Gasteiger partial charge in [0.2, 0.25) is 0 Å². The first kappa shape index (κ1) is 21.8. The maximum Gasteiger partial charge on any atom is 0.282 e. The third-order valence-corrected chi connectivity index (χ3v) is 6.83. The van der Waals surface area contributed by atoms with Crippen LogP contribution in [0.25, 0.3) is 21.7 Å². The maximum absolute atomic E-state index is 13.6. The van der Waals surface area contributed by atoms with E-state index in [1.807, 2.05) is 49.4 Å². The summed E-state index contributed by atoms with van der Waals surface area (Å²) in [5.41, 5.74) is 1.44. The molecular formula is C27H26BrN3O2. The van der Waals surface area contributed by atoms with Crippen LogP contribution in [0.15, 0.2) is 69.0 Å². The summed E-state index contributed by atoms with van der Waals surface area (Å²) in [6.45, 7) is 2.52. The van der Waals surface area contributed by atoms with Gasteiger partial charge < -0.3 is 4.74 Å². The van der Waals surface area contributed by atoms with Crippen LogP contribution in [0, 0.1) is 0 Å². The molecule has 1 heterocycles. The topological polar surface area (TPSA) is 56.5 Å². The van der Waals surface area contributed by atoms with Crippen molar-refractivity contribution in [2.24, 2.45) is 5.10 Å². The Bertz CT molecular complexity index is 1400. The van der Waals surface area contributed by atoms with E-state index in [0.717, 1.165) is 63.6 Å². The summed E-state index contributed by atoms with van der Waals surface area (Å²) in [5.74, 6) is 1.74. The van der Waals surface area contributed by atoms with Crippen molar-refractivity contribution < 1.29 is 4.74 Å². The molecule has 168 valence electrons. The van der Waals surface area contributed by atoms with Crippen LogP contribution in [0.2, 0.25) is 0 Å². The number of fused-ring (bicyclic) bond motifs is 2. The van der Waals surface area contributed by atoms with Gasteiger partial charge in [0.05, 0.1) is 23.7 Å². The van der Waals surface area contributed by atoms with E-state index in [2.05, 4.69) is 28.1 Å². The molecule has 0 unspecified atom stereocenters. The second-order valence-corrected chi connectivity index (χ2v) is 9.38. The number of halogens is 1. The molecule has 4 aromatic rings. The molecule has 6 heteroatoms. The smallest absolute Gasteiger partial charge is 0.282 e. The number of hydrogen-bond acceptors (Lipinski definition) is 4. The van der Waals surface area contributed by atoms with Gasteiger partial charge in [-0.05, 0) is 54.8 Å². The summed E-state index contributed by atoms with van der Waals surface area (Å²) in [5, 5.41) is 7.44. The highest BCUT2D eigenvalue weighted by molar-refractivity contribution is 9.10. The molecule has 3 aromatic carbocycles. The van der Waals surface area contributed by atoms with Gasteiger partial charge in [0, 0.05) is 16.0 Å². The minimum absolute atomic E-state index is 0.142. The van der Waals surface area contributed by atoms with Gasteiger partial charge in [-0.3, -0.25) is 4.79 Å². The lowest BCUT2D eigenvalue weighted by Crippen LogP contribution is -2.25. The predicted octanol–water partition coefficient (Wildman–Crippen LogP) is 6.64. The summed E-state index contributed by atoms with van der Waals surface area (Å²) in [6, 6.07) is 17.8. The predicted molar refractivity (Wildman–Crippen MR) is 138 cm³/mol. The van der Waals surface area contributed by atoms with Crippen LogP contribution in [-0.4, -0.2) is 22.5 Å². The van der Waals surface area contributed by atoms with E-state index in [9.17, 15) is 4.79 Å². The highest BCUT2D eigenvalue weighted by atomic mass is 79.9. The average Bonchev–Trinajstić information content (AvgIpc) is 2.85. The summed E-state index contributed by atoms with van der Waals surface area (Å²) >= 11 is 3.49. The van der Waals surface area contributed by atoms with Crippen molar-refractivity contribution in [3.05, 3.63) is 80.8 Å². The number of ether oxygens (including phenoxy) is 1. The van der Waals surface area contributed by atoms with E-state index >= 15 is 0 Å². The maximum atomic E-state index is 13.6. The van der Waals surface area contributed by atoms with Crippen molar-refractivity contribution in [3.63, 3.8) is 0 Å². The molecular weight excluding hydrogens is 478 g/mol. The molecule has 33 heavy (non-hydrogen) atoms. The molecule has 1 aromatic heterocycles. The highest BCUT2D eigenvalue weighted by Gasteiger charge is 2.22. The summed E-state index contributed by atoms with van der Waals surface area (Å²) < 4.78 is 8.26. The van der Waals surface area contributed by atoms with Gasteiger partial charge in [-0.15, -0.1) is 0 Å². The molecule has 0 N–H and O–H groups in total. The molecule has 5 nitrogen and oxygen atoms in total. The third kappa shape index (κ3) is 4.32. The molecule has 5 rings (SSSR count). The van der Waals surface area contributed by atoms with Crippen molar-refractivity contribution >= 4 is 43.8 Å². The molecule has 0 saturated heterocycles. The lowest BCUT2D eigenvalue weighted by molar-refractivity contribution is 0.340. The van der Waals surface area contributed by atoms with Crippen LogP contribution in [0.5, 0.6) is 5.75 Å². The van der Waals surface area contributed by atoms with Crippen LogP contribution in [-0.2, 0) is 0 Å². The van der Waals surface area contributed by atoms with Crippen molar-refractivity contribution in [1.29, 1.82) is 0 Å². The molecule has 1 aliphatic carbocycles. The third-order valence-electron chi connectivity index (χ3n) is 6.34. The summed E-state index contributed by atoms with van der Waals surface area (Å²) in [4.78, 5) is 18.5. The fourth-order valence-corrected chi connectivity index (χ4v) is 5.07. The van der Waals surface area contributed by atoms with Crippen LogP contribution < -0.4 is 10.3 Å². The van der Waals surface area contributed by atoms with E-state index in [-0.39, 0.29) is 11.5 Å². The first-order valence-electron chi connectivity index (χ1n) is 11.6. The van der Waals surface area contributed by atoms with Gasteiger partial charge in [0.1, 0.15) is 11.6 Å². The van der Waals surface area contributed by atoms with Gasteiger partial charge in [0.25, 0.3) is 5.56 Å². The largest absolute Gasteiger partial charge is 0.493 e. The Hall–Kier alpha value is -2.99. The van der Waals surface area contributed by atoms with Gasteiger partial charge in [0.15, 0.2) is 0 Å². The normalized spacial score (nSPS) is 15.0. The molecule has 0 radical (unpaired) electrons. The number of benzene rings is 3. The molecule has 0 atom stereocenters. The first-order chi connectivity index (χ1) is 16.2. The molecule has 1 saturated carbocycles. The Balaban J connectivity index is 1.71. The van der Waals surface area contributed by atoms with Crippen molar-refractivity contribution in [1.82, 2.24) is 9.66 Å². The van der Waals surface area contributed by atoms with Gasteiger partial charge in [-0.25, -0.2) is 4.98 Å². The standard InChI is InChI=1S/C27H26BrN3O2/c1-2-33-25-15-12-18-8-6-7-11-21(18)23(25)17-29-31-26(19-9-4-3-5-10-19)30-24-14-13-20(28)16-22(24)27(31)32/h6-8,11-17,19H,2-5,9-10H2,1H3. The molecule has 1 aliphatic rings. The highest BCUT2D eigenvalue weighted by Crippen LogP contribution is 2.32. The monoisotopic (exact) mass is 503 g/mol. The van der Waals surface area contributed by atoms with E-state index < -0.39 is 0 Å². The van der Waals surface area contributed by atoms with Gasteiger partial charge in [-0.2, -0.15) is 9.78 Å². The van der Waals surface area contributed by atoms with E-state index in [1.165, 1.54) is 11.1 Å². The Kier molecular flexibility index (Phi) is 6.27. The number of rotatable bonds is 5.